The number of hydrogen-bond donors (Lipinski definition) is 1. The van der Waals surface area contributed by atoms with Gasteiger partial charge in [0.25, 0.3) is 0 Å². The molecule has 12 heavy (non-hydrogen) atoms. The predicted octanol–water partition coefficient (Wildman–Crippen LogP) is 0.446. The monoisotopic (exact) mass is 172 g/mol. The van der Waals surface area contributed by atoms with Crippen LogP contribution in [0.1, 0.15) is 19.8 Å². The standard InChI is InChI=1S/C9H20N2O/c1-9(10)4-3-5-11(8-9)6-7-12-2/h3-8,10H2,1-2H3. The molecule has 1 atom stereocenters. The highest BCUT2D eigenvalue weighted by Gasteiger charge is 2.26. The van der Waals surface area contributed by atoms with Gasteiger partial charge < -0.3 is 10.5 Å². The summed E-state index contributed by atoms with van der Waals surface area (Å²) in [5.74, 6) is 0. The summed E-state index contributed by atoms with van der Waals surface area (Å²) in [7, 11) is 1.74. The van der Waals surface area contributed by atoms with Crippen molar-refractivity contribution in [3.63, 3.8) is 0 Å². The smallest absolute Gasteiger partial charge is 0.0589 e. The number of likely N-dealkylation sites (tertiary alicyclic amines) is 1. The lowest BCUT2D eigenvalue weighted by Crippen LogP contribution is -2.52. The zero-order chi connectivity index (χ0) is 9.03. The molecule has 0 spiro atoms. The summed E-state index contributed by atoms with van der Waals surface area (Å²) >= 11 is 0. The van der Waals surface area contributed by atoms with E-state index < -0.39 is 0 Å². The molecule has 0 aliphatic carbocycles. The fourth-order valence-corrected chi connectivity index (χ4v) is 1.79. The van der Waals surface area contributed by atoms with Crippen molar-refractivity contribution in [3.8, 4) is 0 Å². The van der Waals surface area contributed by atoms with Gasteiger partial charge in [0.2, 0.25) is 0 Å². The highest BCUT2D eigenvalue weighted by atomic mass is 16.5. The minimum Gasteiger partial charge on any atom is -0.383 e. The van der Waals surface area contributed by atoms with Crippen LogP contribution in [-0.2, 0) is 4.74 Å². The number of nitrogens with two attached hydrogens (primary N) is 1. The molecule has 1 rings (SSSR count). The third kappa shape index (κ3) is 3.09. The second kappa shape index (κ2) is 4.21. The minimum absolute atomic E-state index is 0.0198. The molecular weight excluding hydrogens is 152 g/mol. The zero-order valence-corrected chi connectivity index (χ0v) is 8.18. The van der Waals surface area contributed by atoms with Crippen molar-refractivity contribution in [2.75, 3.05) is 33.4 Å². The first-order valence-corrected chi connectivity index (χ1v) is 4.64. The highest BCUT2D eigenvalue weighted by Crippen LogP contribution is 2.17. The van der Waals surface area contributed by atoms with Gasteiger partial charge in [-0.05, 0) is 26.3 Å². The van der Waals surface area contributed by atoms with E-state index in [0.717, 1.165) is 26.1 Å². The van der Waals surface area contributed by atoms with Crippen molar-refractivity contribution in [2.24, 2.45) is 5.73 Å². The molecule has 1 heterocycles. The van der Waals surface area contributed by atoms with E-state index in [2.05, 4.69) is 11.8 Å². The third-order valence-corrected chi connectivity index (χ3v) is 2.42. The van der Waals surface area contributed by atoms with Gasteiger partial charge in [0, 0.05) is 25.7 Å². The Morgan fingerprint density at radius 3 is 2.92 bits per heavy atom. The zero-order valence-electron chi connectivity index (χ0n) is 8.18. The normalized spacial score (nSPS) is 32.2. The Morgan fingerprint density at radius 2 is 2.33 bits per heavy atom. The Kier molecular flexibility index (Phi) is 3.50. The molecular formula is C9H20N2O. The first-order chi connectivity index (χ1) is 5.64. The summed E-state index contributed by atoms with van der Waals surface area (Å²) in [6, 6.07) is 0. The van der Waals surface area contributed by atoms with Gasteiger partial charge >= 0.3 is 0 Å². The summed E-state index contributed by atoms with van der Waals surface area (Å²) < 4.78 is 5.03. The van der Waals surface area contributed by atoms with Crippen LogP contribution in [0.5, 0.6) is 0 Å². The van der Waals surface area contributed by atoms with E-state index in [1.807, 2.05) is 0 Å². The summed E-state index contributed by atoms with van der Waals surface area (Å²) in [4.78, 5) is 2.38. The van der Waals surface area contributed by atoms with Crippen LogP contribution in [0.3, 0.4) is 0 Å². The lowest BCUT2D eigenvalue weighted by Gasteiger charge is -2.37. The first-order valence-electron chi connectivity index (χ1n) is 4.64. The topological polar surface area (TPSA) is 38.5 Å². The summed E-state index contributed by atoms with van der Waals surface area (Å²) in [5, 5.41) is 0. The Morgan fingerprint density at radius 1 is 1.58 bits per heavy atom. The third-order valence-electron chi connectivity index (χ3n) is 2.42. The van der Waals surface area contributed by atoms with Crippen LogP contribution in [0.15, 0.2) is 0 Å². The van der Waals surface area contributed by atoms with Gasteiger partial charge in [0.15, 0.2) is 0 Å². The summed E-state index contributed by atoms with van der Waals surface area (Å²) in [6.07, 6.45) is 2.37. The Bertz CT molecular complexity index is 136. The van der Waals surface area contributed by atoms with Crippen LogP contribution < -0.4 is 5.73 Å². The van der Waals surface area contributed by atoms with Crippen molar-refractivity contribution in [1.29, 1.82) is 0 Å². The second-order valence-electron chi connectivity index (χ2n) is 4.03. The number of hydrogen-bond acceptors (Lipinski definition) is 3. The van der Waals surface area contributed by atoms with E-state index >= 15 is 0 Å². The fourth-order valence-electron chi connectivity index (χ4n) is 1.79. The minimum atomic E-state index is 0.0198. The van der Waals surface area contributed by atoms with E-state index in [1.165, 1.54) is 13.0 Å². The molecule has 2 N–H and O–H groups in total. The van der Waals surface area contributed by atoms with Gasteiger partial charge in [-0.15, -0.1) is 0 Å². The maximum absolute atomic E-state index is 6.06. The number of piperidine rings is 1. The van der Waals surface area contributed by atoms with Crippen molar-refractivity contribution in [3.05, 3.63) is 0 Å². The molecule has 72 valence electrons. The van der Waals surface area contributed by atoms with Crippen LogP contribution in [0.25, 0.3) is 0 Å². The molecule has 1 fully saturated rings. The van der Waals surface area contributed by atoms with Crippen LogP contribution in [0, 0.1) is 0 Å². The summed E-state index contributed by atoms with van der Waals surface area (Å²) in [5.41, 5.74) is 6.08. The van der Waals surface area contributed by atoms with E-state index in [1.54, 1.807) is 7.11 Å². The van der Waals surface area contributed by atoms with Crippen molar-refractivity contribution >= 4 is 0 Å². The van der Waals surface area contributed by atoms with Gasteiger partial charge in [-0.25, -0.2) is 0 Å². The van der Waals surface area contributed by atoms with Crippen LogP contribution in [-0.4, -0.2) is 43.8 Å². The second-order valence-corrected chi connectivity index (χ2v) is 4.03. The van der Waals surface area contributed by atoms with Crippen molar-refractivity contribution in [1.82, 2.24) is 4.90 Å². The molecule has 1 aliphatic heterocycles. The molecule has 0 aromatic heterocycles. The van der Waals surface area contributed by atoms with Gasteiger partial charge in [-0.2, -0.15) is 0 Å². The molecule has 1 aliphatic rings. The lowest BCUT2D eigenvalue weighted by molar-refractivity contribution is 0.108. The maximum Gasteiger partial charge on any atom is 0.0589 e. The van der Waals surface area contributed by atoms with E-state index in [0.29, 0.717) is 0 Å². The first kappa shape index (κ1) is 9.96. The highest BCUT2D eigenvalue weighted by molar-refractivity contribution is 4.86. The van der Waals surface area contributed by atoms with Gasteiger partial charge in [0.1, 0.15) is 0 Å². The molecule has 1 unspecified atom stereocenters. The molecule has 3 nitrogen and oxygen atoms in total. The Labute approximate surface area is 74.9 Å². The average molecular weight is 172 g/mol. The quantitative estimate of drug-likeness (QED) is 0.671. The van der Waals surface area contributed by atoms with Gasteiger partial charge in [0.05, 0.1) is 6.61 Å². The van der Waals surface area contributed by atoms with Crippen LogP contribution >= 0.6 is 0 Å². The molecule has 0 aromatic rings. The molecule has 0 radical (unpaired) electrons. The van der Waals surface area contributed by atoms with E-state index in [4.69, 9.17) is 10.5 Å². The number of methoxy groups -OCH3 is 1. The molecule has 0 aromatic carbocycles. The molecule has 0 saturated carbocycles. The van der Waals surface area contributed by atoms with Crippen LogP contribution in [0.2, 0.25) is 0 Å². The van der Waals surface area contributed by atoms with Crippen LogP contribution in [0.4, 0.5) is 0 Å². The van der Waals surface area contributed by atoms with E-state index in [9.17, 15) is 0 Å². The Hall–Kier alpha value is -0.120. The fraction of sp³-hybridized carbons (Fsp3) is 1.00. The Balaban J connectivity index is 2.26. The molecule has 1 saturated heterocycles. The SMILES string of the molecule is COCCN1CCCC(C)(N)C1. The summed E-state index contributed by atoms with van der Waals surface area (Å²) in [6.45, 7) is 6.15. The number of nitrogens with zero attached hydrogens (tertiary/aromatic N) is 1. The van der Waals surface area contributed by atoms with Gasteiger partial charge in [-0.1, -0.05) is 0 Å². The predicted molar refractivity (Wildman–Crippen MR) is 50.1 cm³/mol. The number of rotatable bonds is 3. The molecule has 0 bridgehead atoms. The molecule has 0 amide bonds. The van der Waals surface area contributed by atoms with Crippen molar-refractivity contribution in [2.45, 2.75) is 25.3 Å². The maximum atomic E-state index is 6.06. The number of ether oxygens (including phenoxy) is 1. The largest absolute Gasteiger partial charge is 0.383 e. The lowest BCUT2D eigenvalue weighted by atomic mass is 9.92. The van der Waals surface area contributed by atoms with Crippen molar-refractivity contribution < 1.29 is 4.74 Å². The average Bonchev–Trinajstić information content (AvgIpc) is 1.99. The molecule has 3 heteroatoms. The van der Waals surface area contributed by atoms with E-state index in [-0.39, 0.29) is 5.54 Å². The van der Waals surface area contributed by atoms with Gasteiger partial charge in [-0.3, -0.25) is 4.90 Å².